The lowest BCUT2D eigenvalue weighted by molar-refractivity contribution is -0.0515. The van der Waals surface area contributed by atoms with Crippen LogP contribution in [0.25, 0.3) is 11.5 Å². The van der Waals surface area contributed by atoms with Crippen LogP contribution in [0.3, 0.4) is 0 Å². The van der Waals surface area contributed by atoms with Gasteiger partial charge in [-0.25, -0.2) is 14.2 Å². The van der Waals surface area contributed by atoms with Crippen LogP contribution >= 0.6 is 12.4 Å². The number of benzene rings is 2. The van der Waals surface area contributed by atoms with Gasteiger partial charge in [-0.15, -0.1) is 12.4 Å². The van der Waals surface area contributed by atoms with Crippen molar-refractivity contribution in [2.75, 3.05) is 13.2 Å². The first-order chi connectivity index (χ1) is 17.8. The van der Waals surface area contributed by atoms with Crippen LogP contribution in [0.1, 0.15) is 54.5 Å². The molecule has 4 rings (SSSR count). The van der Waals surface area contributed by atoms with Crippen LogP contribution in [0.2, 0.25) is 0 Å². The van der Waals surface area contributed by atoms with E-state index < -0.39 is 24.4 Å². The number of carbonyl (C=O) groups excluding carboxylic acids is 1. The predicted molar refractivity (Wildman–Crippen MR) is 133 cm³/mol. The summed E-state index contributed by atoms with van der Waals surface area (Å²) >= 11 is 0. The Morgan fingerprint density at radius 2 is 1.95 bits per heavy atom. The van der Waals surface area contributed by atoms with Gasteiger partial charge in [0.2, 0.25) is 5.89 Å². The molecule has 0 saturated heterocycles. The van der Waals surface area contributed by atoms with Gasteiger partial charge in [0.1, 0.15) is 6.61 Å². The Labute approximate surface area is 223 Å². The SMILES string of the molecule is CCOc1c(F)cccc1COC(=O)c1nc(-c2ccc(OC(F)F)c(OCC3CC3)c2)oc1[C@H](C)N.Cl. The fourth-order valence-electron chi connectivity index (χ4n) is 3.53. The molecule has 1 aliphatic carbocycles. The van der Waals surface area contributed by atoms with Gasteiger partial charge in [0.05, 0.1) is 19.3 Å². The number of para-hydroxylation sites is 1. The molecule has 38 heavy (non-hydrogen) atoms. The topological polar surface area (TPSA) is 106 Å². The van der Waals surface area contributed by atoms with Crippen LogP contribution in [0, 0.1) is 11.7 Å². The second-order valence-corrected chi connectivity index (χ2v) is 8.55. The summed E-state index contributed by atoms with van der Waals surface area (Å²) in [7, 11) is 0. The molecule has 0 unspecified atom stereocenters. The maximum atomic E-state index is 14.1. The van der Waals surface area contributed by atoms with E-state index in [1.807, 2.05) is 0 Å². The van der Waals surface area contributed by atoms with Crippen molar-refractivity contribution in [2.24, 2.45) is 11.7 Å². The van der Waals surface area contributed by atoms with Crippen LogP contribution < -0.4 is 19.9 Å². The zero-order chi connectivity index (χ0) is 26.5. The van der Waals surface area contributed by atoms with Crippen molar-refractivity contribution in [3.05, 3.63) is 59.2 Å². The van der Waals surface area contributed by atoms with Crippen LogP contribution in [0.4, 0.5) is 13.2 Å². The fourth-order valence-corrected chi connectivity index (χ4v) is 3.53. The van der Waals surface area contributed by atoms with E-state index in [-0.39, 0.29) is 60.2 Å². The third kappa shape index (κ3) is 7.11. The van der Waals surface area contributed by atoms with Gasteiger partial charge in [0, 0.05) is 11.1 Å². The summed E-state index contributed by atoms with van der Waals surface area (Å²) in [5, 5.41) is 0. The zero-order valence-electron chi connectivity index (χ0n) is 20.7. The number of oxazole rings is 1. The summed E-state index contributed by atoms with van der Waals surface area (Å²) in [5.41, 5.74) is 6.53. The Balaban J connectivity index is 0.00000400. The fraction of sp³-hybridized carbons (Fsp3) is 0.385. The second-order valence-electron chi connectivity index (χ2n) is 8.55. The Kier molecular flexibility index (Phi) is 9.87. The molecule has 0 amide bonds. The van der Waals surface area contributed by atoms with Gasteiger partial charge >= 0.3 is 12.6 Å². The number of halogens is 4. The van der Waals surface area contributed by atoms with Crippen molar-refractivity contribution in [1.82, 2.24) is 4.98 Å². The molecular formula is C26H28ClF3N2O6. The molecule has 2 aromatic carbocycles. The zero-order valence-corrected chi connectivity index (χ0v) is 21.6. The smallest absolute Gasteiger partial charge is 0.387 e. The molecule has 3 aromatic rings. The van der Waals surface area contributed by atoms with Gasteiger partial charge in [-0.2, -0.15) is 8.78 Å². The molecule has 12 heteroatoms. The number of hydrogen-bond acceptors (Lipinski definition) is 8. The molecule has 1 atom stereocenters. The van der Waals surface area contributed by atoms with Crippen LogP contribution in [-0.4, -0.2) is 30.8 Å². The van der Waals surface area contributed by atoms with E-state index >= 15 is 0 Å². The number of rotatable bonds is 12. The number of nitrogens with two attached hydrogens (primary N) is 1. The summed E-state index contributed by atoms with van der Waals surface area (Å²) in [6, 6.07) is 7.80. The lowest BCUT2D eigenvalue weighted by Crippen LogP contribution is -2.13. The minimum absolute atomic E-state index is 0. The van der Waals surface area contributed by atoms with Crippen molar-refractivity contribution < 1.29 is 41.3 Å². The lowest BCUT2D eigenvalue weighted by Gasteiger charge is -2.12. The molecule has 8 nitrogen and oxygen atoms in total. The average Bonchev–Trinajstić information content (AvgIpc) is 3.58. The third-order valence-electron chi connectivity index (χ3n) is 5.53. The van der Waals surface area contributed by atoms with E-state index in [2.05, 4.69) is 9.72 Å². The molecular weight excluding hydrogens is 529 g/mol. The van der Waals surface area contributed by atoms with Gasteiger partial charge < -0.3 is 29.1 Å². The summed E-state index contributed by atoms with van der Waals surface area (Å²) in [4.78, 5) is 17.2. The molecule has 1 heterocycles. The first-order valence-electron chi connectivity index (χ1n) is 11.8. The van der Waals surface area contributed by atoms with Crippen LogP contribution in [-0.2, 0) is 11.3 Å². The number of aromatic nitrogens is 1. The minimum atomic E-state index is -3.02. The Morgan fingerprint density at radius 3 is 2.61 bits per heavy atom. The normalized spacial score (nSPS) is 13.6. The molecule has 1 aromatic heterocycles. The highest BCUT2D eigenvalue weighted by molar-refractivity contribution is 5.89. The van der Waals surface area contributed by atoms with Crippen molar-refractivity contribution >= 4 is 18.4 Å². The molecule has 0 spiro atoms. The van der Waals surface area contributed by atoms with E-state index in [0.29, 0.717) is 23.7 Å². The van der Waals surface area contributed by atoms with Crippen molar-refractivity contribution in [2.45, 2.75) is 45.9 Å². The maximum Gasteiger partial charge on any atom is 0.387 e. The van der Waals surface area contributed by atoms with E-state index in [4.69, 9.17) is 24.4 Å². The van der Waals surface area contributed by atoms with Gasteiger partial charge in [-0.1, -0.05) is 12.1 Å². The molecule has 0 bridgehead atoms. The van der Waals surface area contributed by atoms with Crippen molar-refractivity contribution in [1.29, 1.82) is 0 Å². The van der Waals surface area contributed by atoms with Crippen molar-refractivity contribution in [3.8, 4) is 28.7 Å². The monoisotopic (exact) mass is 556 g/mol. The van der Waals surface area contributed by atoms with Crippen molar-refractivity contribution in [3.63, 3.8) is 0 Å². The molecule has 1 aliphatic rings. The molecule has 0 aliphatic heterocycles. The predicted octanol–water partition coefficient (Wildman–Crippen LogP) is 6.07. The highest BCUT2D eigenvalue weighted by atomic mass is 35.5. The summed E-state index contributed by atoms with van der Waals surface area (Å²) in [6.07, 6.45) is 2.02. The summed E-state index contributed by atoms with van der Waals surface area (Å²) in [6.45, 7) is 0.611. The quantitative estimate of drug-likeness (QED) is 0.268. The van der Waals surface area contributed by atoms with Gasteiger partial charge in [-0.3, -0.25) is 0 Å². The highest BCUT2D eigenvalue weighted by Crippen LogP contribution is 2.37. The number of nitrogens with zero attached hydrogens (tertiary/aromatic N) is 1. The van der Waals surface area contributed by atoms with Gasteiger partial charge in [0.25, 0.3) is 0 Å². The second kappa shape index (κ2) is 12.9. The maximum absolute atomic E-state index is 14.1. The first-order valence-corrected chi connectivity index (χ1v) is 11.8. The summed E-state index contributed by atoms with van der Waals surface area (Å²) < 4.78 is 66.5. The van der Waals surface area contributed by atoms with Gasteiger partial charge in [0.15, 0.2) is 34.5 Å². The number of hydrogen-bond donors (Lipinski definition) is 1. The van der Waals surface area contributed by atoms with E-state index in [1.54, 1.807) is 19.9 Å². The van der Waals surface area contributed by atoms with Gasteiger partial charge in [-0.05, 0) is 56.9 Å². The Bertz CT molecular complexity index is 1250. The highest BCUT2D eigenvalue weighted by Gasteiger charge is 2.27. The third-order valence-corrected chi connectivity index (χ3v) is 5.53. The van der Waals surface area contributed by atoms with Crippen LogP contribution in [0.15, 0.2) is 40.8 Å². The average molecular weight is 557 g/mol. The van der Waals surface area contributed by atoms with Crippen LogP contribution in [0.5, 0.6) is 17.2 Å². The standard InChI is InChI=1S/C26H27F3N2O6.ClH/c1-3-33-23-17(5-4-6-18(23)27)13-35-25(32)21-22(14(2)30)37-24(31-21)16-9-10-19(36-26(28)29)20(11-16)34-12-15-7-8-15;/h4-6,9-11,14-15,26H,3,7-8,12-13,30H2,1-2H3;1H/t14-;/m0./s1. The number of esters is 1. The number of alkyl halides is 2. The molecule has 1 saturated carbocycles. The summed E-state index contributed by atoms with van der Waals surface area (Å²) in [5.74, 6) is -0.987. The largest absolute Gasteiger partial charge is 0.490 e. The minimum Gasteiger partial charge on any atom is -0.490 e. The van der Waals surface area contributed by atoms with E-state index in [9.17, 15) is 18.0 Å². The first kappa shape index (κ1) is 29.1. The molecule has 2 N–H and O–H groups in total. The Morgan fingerprint density at radius 1 is 1.18 bits per heavy atom. The molecule has 0 radical (unpaired) electrons. The molecule has 1 fully saturated rings. The number of ether oxygens (including phenoxy) is 4. The molecule has 206 valence electrons. The van der Waals surface area contributed by atoms with E-state index in [1.165, 1.54) is 30.3 Å². The van der Waals surface area contributed by atoms with E-state index in [0.717, 1.165) is 12.8 Å². The Hall–Kier alpha value is -3.44. The lowest BCUT2D eigenvalue weighted by atomic mass is 10.2. The number of carbonyl (C=O) groups is 1.